The molecule has 6 nitrogen and oxygen atoms in total. The van der Waals surface area contributed by atoms with Gasteiger partial charge in [-0.3, -0.25) is 14.7 Å². The highest BCUT2D eigenvalue weighted by molar-refractivity contribution is 5.97. The summed E-state index contributed by atoms with van der Waals surface area (Å²) >= 11 is 0. The fourth-order valence-corrected chi connectivity index (χ4v) is 3.01. The first-order chi connectivity index (χ1) is 14.3. The minimum atomic E-state index is -0.840. The summed E-state index contributed by atoms with van der Waals surface area (Å²) < 4.78 is 26.6. The Kier molecular flexibility index (Phi) is 6.56. The number of nitrogens with one attached hydrogen (secondary N) is 3. The highest BCUT2D eigenvalue weighted by Gasteiger charge is 2.25. The number of carbonyl (C=O) groups excluding carboxylic acids is 2. The number of halogens is 2. The van der Waals surface area contributed by atoms with Crippen LogP contribution in [0.4, 0.5) is 14.6 Å². The van der Waals surface area contributed by atoms with E-state index in [1.54, 1.807) is 19.9 Å². The largest absolute Gasteiger partial charge is 0.344 e. The molecule has 2 aromatic carbocycles. The Morgan fingerprint density at radius 2 is 1.70 bits per heavy atom. The third kappa shape index (κ3) is 5.50. The lowest BCUT2D eigenvalue weighted by atomic mass is 10.0. The van der Waals surface area contributed by atoms with Crippen LogP contribution in [0.1, 0.15) is 19.4 Å². The number of amides is 2. The number of nitrogens with zero attached hydrogens (tertiary/aromatic N) is 1. The minimum Gasteiger partial charge on any atom is -0.344 e. The van der Waals surface area contributed by atoms with E-state index in [1.165, 1.54) is 0 Å². The Bertz CT molecular complexity index is 1010. The SMILES string of the molecule is CC(C)C(NC(=O)Cc1cc(F)cc(F)c1)C(=O)Nc1cc(-c2ccccc2)[nH]n1. The average molecular weight is 412 g/mol. The zero-order valence-corrected chi connectivity index (χ0v) is 16.6. The van der Waals surface area contributed by atoms with Gasteiger partial charge in [0, 0.05) is 12.1 Å². The number of hydrogen-bond acceptors (Lipinski definition) is 3. The van der Waals surface area contributed by atoms with E-state index in [0.29, 0.717) is 5.82 Å². The van der Waals surface area contributed by atoms with Crippen molar-refractivity contribution in [3.8, 4) is 11.3 Å². The molecule has 0 radical (unpaired) electrons. The van der Waals surface area contributed by atoms with Crippen LogP contribution in [0.2, 0.25) is 0 Å². The van der Waals surface area contributed by atoms with Crippen molar-refractivity contribution in [1.29, 1.82) is 0 Å². The van der Waals surface area contributed by atoms with E-state index < -0.39 is 29.5 Å². The Hall–Kier alpha value is -3.55. The Balaban J connectivity index is 1.65. The van der Waals surface area contributed by atoms with Crippen molar-refractivity contribution < 1.29 is 18.4 Å². The molecule has 8 heteroatoms. The van der Waals surface area contributed by atoms with Gasteiger partial charge in [-0.1, -0.05) is 44.2 Å². The number of carbonyl (C=O) groups is 2. The number of aromatic nitrogens is 2. The van der Waals surface area contributed by atoms with Crippen molar-refractivity contribution in [2.24, 2.45) is 5.92 Å². The molecule has 0 saturated carbocycles. The predicted octanol–water partition coefficient (Wildman–Crippen LogP) is 3.68. The molecular formula is C22H22F2N4O2. The molecule has 0 saturated heterocycles. The van der Waals surface area contributed by atoms with Gasteiger partial charge in [-0.15, -0.1) is 0 Å². The zero-order valence-electron chi connectivity index (χ0n) is 16.6. The highest BCUT2D eigenvalue weighted by Crippen LogP contribution is 2.19. The number of hydrogen-bond donors (Lipinski definition) is 3. The summed E-state index contributed by atoms with van der Waals surface area (Å²) in [6.07, 6.45) is -0.244. The first kappa shape index (κ1) is 21.2. The lowest BCUT2D eigenvalue weighted by Crippen LogP contribution is -2.47. The molecule has 0 bridgehead atoms. The number of anilines is 1. The monoisotopic (exact) mass is 412 g/mol. The van der Waals surface area contributed by atoms with Gasteiger partial charge in [0.25, 0.3) is 0 Å². The molecular weight excluding hydrogens is 390 g/mol. The maximum atomic E-state index is 13.3. The van der Waals surface area contributed by atoms with Crippen molar-refractivity contribution in [1.82, 2.24) is 15.5 Å². The maximum absolute atomic E-state index is 13.3. The van der Waals surface area contributed by atoms with Crippen molar-refractivity contribution in [2.75, 3.05) is 5.32 Å². The first-order valence-corrected chi connectivity index (χ1v) is 9.48. The van der Waals surface area contributed by atoms with Crippen LogP contribution in [0, 0.1) is 17.6 Å². The van der Waals surface area contributed by atoms with Gasteiger partial charge in [0.15, 0.2) is 5.82 Å². The maximum Gasteiger partial charge on any atom is 0.248 e. The van der Waals surface area contributed by atoms with Crippen molar-refractivity contribution in [2.45, 2.75) is 26.3 Å². The van der Waals surface area contributed by atoms with Crippen LogP contribution < -0.4 is 10.6 Å². The van der Waals surface area contributed by atoms with Gasteiger partial charge in [0.2, 0.25) is 11.8 Å². The van der Waals surface area contributed by atoms with Crippen molar-refractivity contribution in [3.63, 3.8) is 0 Å². The molecule has 156 valence electrons. The summed E-state index contributed by atoms with van der Waals surface area (Å²) in [5.41, 5.74) is 1.85. The minimum absolute atomic E-state index is 0.188. The molecule has 1 heterocycles. The predicted molar refractivity (Wildman–Crippen MR) is 109 cm³/mol. The first-order valence-electron chi connectivity index (χ1n) is 9.48. The number of aromatic amines is 1. The van der Waals surface area contributed by atoms with Crippen LogP contribution in [0.15, 0.2) is 54.6 Å². The van der Waals surface area contributed by atoms with Crippen LogP contribution in [0.3, 0.4) is 0 Å². The fourth-order valence-electron chi connectivity index (χ4n) is 3.01. The molecule has 0 fully saturated rings. The normalized spacial score (nSPS) is 11.9. The zero-order chi connectivity index (χ0) is 21.7. The molecule has 1 atom stereocenters. The summed E-state index contributed by atoms with van der Waals surface area (Å²) in [5, 5.41) is 12.3. The molecule has 0 aliphatic rings. The summed E-state index contributed by atoms with van der Waals surface area (Å²) in [6.45, 7) is 3.57. The molecule has 0 aliphatic carbocycles. The number of benzene rings is 2. The standard InChI is InChI=1S/C22H22F2N4O2/c1-13(2)21(26-20(29)10-14-8-16(23)11-17(24)9-14)22(30)25-19-12-18(27-28-19)15-6-4-3-5-7-15/h3-9,11-13,21H,10H2,1-2H3,(H,26,29)(H2,25,27,28,30). The van der Waals surface area contributed by atoms with Crippen molar-refractivity contribution in [3.05, 3.63) is 71.8 Å². The average Bonchev–Trinajstić information content (AvgIpc) is 3.14. The van der Waals surface area contributed by atoms with E-state index in [1.807, 2.05) is 30.3 Å². The Morgan fingerprint density at radius 1 is 1.03 bits per heavy atom. The smallest absolute Gasteiger partial charge is 0.248 e. The molecule has 3 N–H and O–H groups in total. The van der Waals surface area contributed by atoms with E-state index in [0.717, 1.165) is 29.5 Å². The summed E-state index contributed by atoms with van der Waals surface area (Å²) in [7, 11) is 0. The van der Waals surface area contributed by atoms with Crippen molar-refractivity contribution >= 4 is 17.6 Å². The van der Waals surface area contributed by atoms with Gasteiger partial charge >= 0.3 is 0 Å². The van der Waals surface area contributed by atoms with Crippen LogP contribution in [0.25, 0.3) is 11.3 Å². The Morgan fingerprint density at radius 3 is 2.33 bits per heavy atom. The highest BCUT2D eigenvalue weighted by atomic mass is 19.1. The van der Waals surface area contributed by atoms with Gasteiger partial charge in [0.1, 0.15) is 17.7 Å². The number of rotatable bonds is 7. The summed E-state index contributed by atoms with van der Waals surface area (Å²) in [5.74, 6) is -2.36. The third-order valence-electron chi connectivity index (χ3n) is 4.47. The van der Waals surface area contributed by atoms with Gasteiger partial charge in [-0.2, -0.15) is 5.10 Å². The molecule has 30 heavy (non-hydrogen) atoms. The van der Waals surface area contributed by atoms with Gasteiger partial charge in [-0.25, -0.2) is 8.78 Å². The lowest BCUT2D eigenvalue weighted by molar-refractivity contribution is -0.127. The molecule has 3 rings (SSSR count). The van der Waals surface area contributed by atoms with Gasteiger partial charge in [-0.05, 0) is 29.2 Å². The van der Waals surface area contributed by atoms with E-state index >= 15 is 0 Å². The van der Waals surface area contributed by atoms with E-state index in [9.17, 15) is 18.4 Å². The topological polar surface area (TPSA) is 86.9 Å². The van der Waals surface area contributed by atoms with Gasteiger partial charge < -0.3 is 10.6 Å². The fraction of sp³-hybridized carbons (Fsp3) is 0.227. The van der Waals surface area contributed by atoms with Crippen LogP contribution in [-0.4, -0.2) is 28.1 Å². The molecule has 1 unspecified atom stereocenters. The lowest BCUT2D eigenvalue weighted by Gasteiger charge is -2.21. The van der Waals surface area contributed by atoms with E-state index in [-0.39, 0.29) is 17.9 Å². The second-order valence-electron chi connectivity index (χ2n) is 7.27. The molecule has 3 aromatic rings. The third-order valence-corrected chi connectivity index (χ3v) is 4.47. The molecule has 0 spiro atoms. The van der Waals surface area contributed by atoms with E-state index in [2.05, 4.69) is 20.8 Å². The van der Waals surface area contributed by atoms with Gasteiger partial charge in [0.05, 0.1) is 12.1 Å². The van der Waals surface area contributed by atoms with Crippen LogP contribution in [0.5, 0.6) is 0 Å². The number of H-pyrrole nitrogens is 1. The second kappa shape index (κ2) is 9.30. The molecule has 1 aromatic heterocycles. The Labute approximate surface area is 172 Å². The van der Waals surface area contributed by atoms with E-state index in [4.69, 9.17) is 0 Å². The summed E-state index contributed by atoms with van der Waals surface area (Å²) in [4.78, 5) is 25.0. The quantitative estimate of drug-likeness (QED) is 0.553. The summed E-state index contributed by atoms with van der Waals surface area (Å²) in [6, 6.07) is 13.3. The second-order valence-corrected chi connectivity index (χ2v) is 7.27. The van der Waals surface area contributed by atoms with Crippen LogP contribution in [-0.2, 0) is 16.0 Å². The molecule has 2 amide bonds. The van der Waals surface area contributed by atoms with Crippen LogP contribution >= 0.6 is 0 Å². The molecule has 0 aliphatic heterocycles.